The topological polar surface area (TPSA) is 52.0 Å². The monoisotopic (exact) mass is 188 g/mol. The lowest BCUT2D eigenvalue weighted by molar-refractivity contribution is 0.602. The molecule has 3 nitrogen and oxygen atoms in total. The molecule has 0 radical (unpaired) electrons. The van der Waals surface area contributed by atoms with Crippen LogP contribution in [0.1, 0.15) is 12.0 Å². The van der Waals surface area contributed by atoms with Crippen LogP contribution in [0, 0.1) is 0 Å². The SMILES string of the molecule is NCC/C=C/c1ccc2ncoc2c1. The Bertz CT molecular complexity index is 445. The molecule has 2 N–H and O–H groups in total. The van der Waals surface area contributed by atoms with Gasteiger partial charge in [0, 0.05) is 0 Å². The van der Waals surface area contributed by atoms with Gasteiger partial charge in [-0.15, -0.1) is 0 Å². The van der Waals surface area contributed by atoms with Crippen molar-refractivity contribution in [2.45, 2.75) is 6.42 Å². The first kappa shape index (κ1) is 8.97. The number of oxazole rings is 1. The van der Waals surface area contributed by atoms with Crippen LogP contribution in [0.2, 0.25) is 0 Å². The van der Waals surface area contributed by atoms with Crippen LogP contribution in [-0.4, -0.2) is 11.5 Å². The highest BCUT2D eigenvalue weighted by molar-refractivity contribution is 5.75. The second-order valence-corrected chi connectivity index (χ2v) is 3.06. The number of rotatable bonds is 3. The Balaban J connectivity index is 2.25. The number of hydrogen-bond donors (Lipinski definition) is 1. The molecule has 0 atom stereocenters. The molecule has 72 valence electrons. The van der Waals surface area contributed by atoms with Gasteiger partial charge in [-0.3, -0.25) is 0 Å². The highest BCUT2D eigenvalue weighted by Gasteiger charge is 1.96. The van der Waals surface area contributed by atoms with Crippen molar-refractivity contribution in [1.29, 1.82) is 0 Å². The quantitative estimate of drug-likeness (QED) is 0.803. The van der Waals surface area contributed by atoms with Gasteiger partial charge >= 0.3 is 0 Å². The van der Waals surface area contributed by atoms with Crippen molar-refractivity contribution in [2.24, 2.45) is 5.73 Å². The summed E-state index contributed by atoms with van der Waals surface area (Å²) in [5.41, 5.74) is 8.21. The molecule has 0 unspecified atom stereocenters. The van der Waals surface area contributed by atoms with E-state index in [4.69, 9.17) is 10.2 Å². The lowest BCUT2D eigenvalue weighted by Crippen LogP contribution is -1.94. The van der Waals surface area contributed by atoms with E-state index in [0.717, 1.165) is 23.1 Å². The van der Waals surface area contributed by atoms with Gasteiger partial charge in [0.15, 0.2) is 12.0 Å². The molecule has 3 heteroatoms. The predicted molar refractivity (Wildman–Crippen MR) is 56.7 cm³/mol. The highest BCUT2D eigenvalue weighted by Crippen LogP contribution is 2.15. The molecule has 14 heavy (non-hydrogen) atoms. The zero-order chi connectivity index (χ0) is 9.80. The third kappa shape index (κ3) is 1.83. The molecule has 0 aliphatic carbocycles. The third-order valence-electron chi connectivity index (χ3n) is 2.00. The molecule has 0 aliphatic rings. The van der Waals surface area contributed by atoms with Gasteiger partial charge in [0.05, 0.1) is 0 Å². The van der Waals surface area contributed by atoms with E-state index in [9.17, 15) is 0 Å². The van der Waals surface area contributed by atoms with Gasteiger partial charge in [-0.1, -0.05) is 18.2 Å². The Hall–Kier alpha value is -1.61. The average Bonchev–Trinajstić information content (AvgIpc) is 2.65. The maximum atomic E-state index is 5.39. The van der Waals surface area contributed by atoms with E-state index in [1.165, 1.54) is 6.39 Å². The first-order chi connectivity index (χ1) is 6.90. The summed E-state index contributed by atoms with van der Waals surface area (Å²) >= 11 is 0. The summed E-state index contributed by atoms with van der Waals surface area (Å²) in [5, 5.41) is 0. The van der Waals surface area contributed by atoms with Gasteiger partial charge in [-0.05, 0) is 30.7 Å². The maximum Gasteiger partial charge on any atom is 0.181 e. The maximum absolute atomic E-state index is 5.39. The van der Waals surface area contributed by atoms with Gasteiger partial charge in [0.1, 0.15) is 5.52 Å². The molecule has 0 bridgehead atoms. The predicted octanol–water partition coefficient (Wildman–Crippen LogP) is 2.19. The fourth-order valence-electron chi connectivity index (χ4n) is 1.29. The standard InChI is InChI=1S/C11H12N2O/c12-6-2-1-3-9-4-5-10-11(7-9)14-8-13-10/h1,3-5,7-8H,2,6,12H2/b3-1+. The number of fused-ring (bicyclic) bond motifs is 1. The van der Waals surface area contributed by atoms with Crippen LogP contribution in [0.3, 0.4) is 0 Å². The van der Waals surface area contributed by atoms with Crippen molar-refractivity contribution in [2.75, 3.05) is 6.54 Å². The van der Waals surface area contributed by atoms with Crippen LogP contribution in [0.25, 0.3) is 17.2 Å². The minimum Gasteiger partial charge on any atom is -0.443 e. The second-order valence-electron chi connectivity index (χ2n) is 3.06. The zero-order valence-corrected chi connectivity index (χ0v) is 7.81. The molecule has 1 heterocycles. The third-order valence-corrected chi connectivity index (χ3v) is 2.00. The summed E-state index contributed by atoms with van der Waals surface area (Å²) in [6.45, 7) is 0.682. The van der Waals surface area contributed by atoms with Crippen LogP contribution >= 0.6 is 0 Å². The Morgan fingerprint density at radius 3 is 3.21 bits per heavy atom. The summed E-state index contributed by atoms with van der Waals surface area (Å²) in [6.07, 6.45) is 6.44. The summed E-state index contributed by atoms with van der Waals surface area (Å²) < 4.78 is 5.20. The van der Waals surface area contributed by atoms with E-state index in [0.29, 0.717) is 6.54 Å². The number of aromatic nitrogens is 1. The minimum absolute atomic E-state index is 0.682. The van der Waals surface area contributed by atoms with Gasteiger partial charge in [-0.25, -0.2) is 4.98 Å². The highest BCUT2D eigenvalue weighted by atomic mass is 16.3. The van der Waals surface area contributed by atoms with Crippen LogP contribution in [0.4, 0.5) is 0 Å². The molecule has 1 aromatic heterocycles. The van der Waals surface area contributed by atoms with Crippen LogP contribution in [-0.2, 0) is 0 Å². The summed E-state index contributed by atoms with van der Waals surface area (Å²) in [4.78, 5) is 4.05. The second kappa shape index (κ2) is 4.07. The van der Waals surface area contributed by atoms with E-state index in [1.54, 1.807) is 0 Å². The van der Waals surface area contributed by atoms with Crippen molar-refractivity contribution >= 4 is 17.2 Å². The number of hydrogen-bond acceptors (Lipinski definition) is 3. The minimum atomic E-state index is 0.682. The van der Waals surface area contributed by atoms with E-state index in [1.807, 2.05) is 24.3 Å². The summed E-state index contributed by atoms with van der Waals surface area (Å²) in [5.74, 6) is 0. The van der Waals surface area contributed by atoms with E-state index >= 15 is 0 Å². The van der Waals surface area contributed by atoms with Crippen molar-refractivity contribution in [3.05, 3.63) is 36.2 Å². The van der Waals surface area contributed by atoms with Crippen LogP contribution in [0.15, 0.2) is 35.1 Å². The first-order valence-corrected chi connectivity index (χ1v) is 4.60. The average molecular weight is 188 g/mol. The first-order valence-electron chi connectivity index (χ1n) is 4.60. The molecular formula is C11H12N2O. The van der Waals surface area contributed by atoms with Gasteiger partial charge in [-0.2, -0.15) is 0 Å². The van der Waals surface area contributed by atoms with Crippen molar-refractivity contribution < 1.29 is 4.42 Å². The number of nitrogens with two attached hydrogens (primary N) is 1. The molecule has 0 aliphatic heterocycles. The largest absolute Gasteiger partial charge is 0.443 e. The molecule has 0 fully saturated rings. The van der Waals surface area contributed by atoms with Crippen LogP contribution < -0.4 is 5.73 Å². The van der Waals surface area contributed by atoms with Crippen molar-refractivity contribution in [3.8, 4) is 0 Å². The zero-order valence-electron chi connectivity index (χ0n) is 7.81. The molecule has 0 saturated heterocycles. The fraction of sp³-hybridized carbons (Fsp3) is 0.182. The molecule has 0 spiro atoms. The van der Waals surface area contributed by atoms with Crippen molar-refractivity contribution in [1.82, 2.24) is 4.98 Å². The number of nitrogens with zero attached hydrogens (tertiary/aromatic N) is 1. The fourth-order valence-corrected chi connectivity index (χ4v) is 1.29. The molecule has 2 aromatic rings. The molecule has 1 aromatic carbocycles. The number of benzene rings is 1. The molecule has 0 saturated carbocycles. The van der Waals surface area contributed by atoms with Crippen LogP contribution in [0.5, 0.6) is 0 Å². The van der Waals surface area contributed by atoms with Crippen molar-refractivity contribution in [3.63, 3.8) is 0 Å². The lowest BCUT2D eigenvalue weighted by atomic mass is 10.2. The van der Waals surface area contributed by atoms with Gasteiger partial charge < -0.3 is 10.2 Å². The Kier molecular flexibility index (Phi) is 2.60. The smallest absolute Gasteiger partial charge is 0.181 e. The van der Waals surface area contributed by atoms with Gasteiger partial charge in [0.2, 0.25) is 0 Å². The van der Waals surface area contributed by atoms with E-state index < -0.39 is 0 Å². The summed E-state index contributed by atoms with van der Waals surface area (Å²) in [7, 11) is 0. The van der Waals surface area contributed by atoms with E-state index in [2.05, 4.69) is 11.1 Å². The Labute approximate surface area is 82.2 Å². The Morgan fingerprint density at radius 2 is 2.36 bits per heavy atom. The summed E-state index contributed by atoms with van der Waals surface area (Å²) in [6, 6.07) is 5.92. The van der Waals surface area contributed by atoms with E-state index in [-0.39, 0.29) is 0 Å². The lowest BCUT2D eigenvalue weighted by Gasteiger charge is -1.92. The molecule has 0 amide bonds. The normalized spacial score (nSPS) is 11.5. The van der Waals surface area contributed by atoms with Gasteiger partial charge in [0.25, 0.3) is 0 Å². The molecule has 2 rings (SSSR count). The Morgan fingerprint density at radius 1 is 1.43 bits per heavy atom. The molecular weight excluding hydrogens is 176 g/mol.